The molecule has 2 atom stereocenters. The van der Waals surface area contributed by atoms with Crippen LogP contribution in [0.25, 0.3) is 11.4 Å². The normalized spacial score (nSPS) is 21.3. The number of rotatable bonds is 4. The molecule has 1 aliphatic heterocycles. The molecule has 1 saturated heterocycles. The minimum atomic E-state index is 0.246. The van der Waals surface area contributed by atoms with Crippen molar-refractivity contribution in [2.24, 2.45) is 11.7 Å². The maximum absolute atomic E-state index is 6.02. The van der Waals surface area contributed by atoms with Crippen molar-refractivity contribution < 1.29 is 4.52 Å². The van der Waals surface area contributed by atoms with Crippen LogP contribution >= 0.6 is 0 Å². The van der Waals surface area contributed by atoms with E-state index in [1.54, 1.807) is 0 Å². The number of benzene rings is 1. The number of hydrogen-bond acceptors (Lipinski definition) is 5. The van der Waals surface area contributed by atoms with Crippen LogP contribution in [0.4, 0.5) is 0 Å². The molecular formula is C16H22N4O. The largest absolute Gasteiger partial charge is 0.338 e. The molecule has 2 unspecified atom stereocenters. The predicted octanol–water partition coefficient (Wildman–Crippen LogP) is 2.30. The smallest absolute Gasteiger partial charge is 0.241 e. The number of piperidine rings is 1. The van der Waals surface area contributed by atoms with Crippen LogP contribution in [0.5, 0.6) is 0 Å². The van der Waals surface area contributed by atoms with E-state index in [9.17, 15) is 0 Å². The molecule has 2 heterocycles. The number of nitrogens with zero attached hydrogens (tertiary/aromatic N) is 3. The summed E-state index contributed by atoms with van der Waals surface area (Å²) in [6.07, 6.45) is 2.40. The topological polar surface area (TPSA) is 68.2 Å². The molecule has 0 saturated carbocycles. The number of likely N-dealkylation sites (tertiary alicyclic amines) is 1. The Hall–Kier alpha value is -1.72. The molecule has 2 aromatic rings. The third-order valence-corrected chi connectivity index (χ3v) is 4.14. The van der Waals surface area contributed by atoms with Gasteiger partial charge in [0, 0.05) is 18.2 Å². The van der Waals surface area contributed by atoms with Crippen LogP contribution in [0, 0.1) is 5.92 Å². The standard InChI is InChI=1S/C16H22N4O/c1-12(17)14-8-5-9-20(10-14)11-15-18-16(19-21-15)13-6-3-2-4-7-13/h2-4,6-7,12,14H,5,8-11,17H2,1H3. The zero-order valence-corrected chi connectivity index (χ0v) is 12.4. The van der Waals surface area contributed by atoms with Gasteiger partial charge in [0.1, 0.15) is 0 Å². The van der Waals surface area contributed by atoms with E-state index in [1.807, 2.05) is 30.3 Å². The fourth-order valence-corrected chi connectivity index (χ4v) is 2.88. The van der Waals surface area contributed by atoms with Gasteiger partial charge in [-0.15, -0.1) is 0 Å². The first-order valence-electron chi connectivity index (χ1n) is 7.58. The number of nitrogens with two attached hydrogens (primary N) is 1. The Balaban J connectivity index is 1.65. The van der Waals surface area contributed by atoms with E-state index in [0.717, 1.165) is 18.7 Å². The Kier molecular flexibility index (Phi) is 4.31. The van der Waals surface area contributed by atoms with E-state index in [-0.39, 0.29) is 6.04 Å². The van der Waals surface area contributed by atoms with Crippen molar-refractivity contribution in [2.75, 3.05) is 13.1 Å². The van der Waals surface area contributed by atoms with Gasteiger partial charge in [-0.3, -0.25) is 4.90 Å². The lowest BCUT2D eigenvalue weighted by molar-refractivity contribution is 0.139. The van der Waals surface area contributed by atoms with E-state index >= 15 is 0 Å². The zero-order valence-electron chi connectivity index (χ0n) is 12.4. The second-order valence-corrected chi connectivity index (χ2v) is 5.87. The van der Waals surface area contributed by atoms with Gasteiger partial charge in [-0.2, -0.15) is 4.98 Å². The van der Waals surface area contributed by atoms with Crippen LogP contribution in [0.15, 0.2) is 34.9 Å². The van der Waals surface area contributed by atoms with Crippen molar-refractivity contribution in [1.82, 2.24) is 15.0 Å². The highest BCUT2D eigenvalue weighted by molar-refractivity contribution is 5.53. The lowest BCUT2D eigenvalue weighted by Crippen LogP contribution is -2.41. The SMILES string of the molecule is CC(N)C1CCCN(Cc2nc(-c3ccccc3)no2)C1. The molecule has 1 aromatic carbocycles. The van der Waals surface area contributed by atoms with E-state index in [1.165, 1.54) is 12.8 Å². The molecule has 2 N–H and O–H groups in total. The molecule has 0 amide bonds. The molecular weight excluding hydrogens is 264 g/mol. The van der Waals surface area contributed by atoms with Crippen molar-refractivity contribution in [2.45, 2.75) is 32.4 Å². The third kappa shape index (κ3) is 3.49. The molecule has 5 nitrogen and oxygen atoms in total. The van der Waals surface area contributed by atoms with Crippen molar-refractivity contribution >= 4 is 0 Å². The molecule has 0 aliphatic carbocycles. The van der Waals surface area contributed by atoms with Gasteiger partial charge >= 0.3 is 0 Å². The summed E-state index contributed by atoms with van der Waals surface area (Å²) < 4.78 is 5.38. The first-order valence-corrected chi connectivity index (χ1v) is 7.58. The summed E-state index contributed by atoms with van der Waals surface area (Å²) in [4.78, 5) is 6.85. The van der Waals surface area contributed by atoms with Gasteiger partial charge in [0.25, 0.3) is 0 Å². The summed E-state index contributed by atoms with van der Waals surface area (Å²) in [5, 5.41) is 4.07. The van der Waals surface area contributed by atoms with Crippen LogP contribution in [-0.2, 0) is 6.54 Å². The highest BCUT2D eigenvalue weighted by atomic mass is 16.5. The van der Waals surface area contributed by atoms with Crippen LogP contribution in [0.3, 0.4) is 0 Å². The van der Waals surface area contributed by atoms with E-state index < -0.39 is 0 Å². The average Bonchev–Trinajstić information content (AvgIpc) is 2.97. The molecule has 1 aromatic heterocycles. The van der Waals surface area contributed by atoms with Gasteiger partial charge in [-0.05, 0) is 32.2 Å². The maximum atomic E-state index is 6.02. The van der Waals surface area contributed by atoms with Crippen LogP contribution in [-0.4, -0.2) is 34.2 Å². The molecule has 1 aliphatic rings. The van der Waals surface area contributed by atoms with Crippen molar-refractivity contribution in [1.29, 1.82) is 0 Å². The Bertz CT molecular complexity index is 567. The molecule has 0 spiro atoms. The van der Waals surface area contributed by atoms with E-state index in [4.69, 9.17) is 10.3 Å². The predicted molar refractivity (Wildman–Crippen MR) is 81.4 cm³/mol. The second-order valence-electron chi connectivity index (χ2n) is 5.87. The molecule has 1 fully saturated rings. The average molecular weight is 286 g/mol. The minimum Gasteiger partial charge on any atom is -0.338 e. The highest BCUT2D eigenvalue weighted by Crippen LogP contribution is 2.21. The van der Waals surface area contributed by atoms with Crippen molar-refractivity contribution in [3.05, 3.63) is 36.2 Å². The maximum Gasteiger partial charge on any atom is 0.241 e. The molecule has 112 valence electrons. The molecule has 3 rings (SSSR count). The fourth-order valence-electron chi connectivity index (χ4n) is 2.88. The summed E-state index contributed by atoms with van der Waals surface area (Å²) in [6, 6.07) is 10.2. The lowest BCUT2D eigenvalue weighted by atomic mass is 9.92. The molecule has 5 heteroatoms. The fraction of sp³-hybridized carbons (Fsp3) is 0.500. The van der Waals surface area contributed by atoms with Gasteiger partial charge in [0.15, 0.2) is 0 Å². The monoisotopic (exact) mass is 286 g/mol. The first kappa shape index (κ1) is 14.2. The minimum absolute atomic E-state index is 0.246. The quantitative estimate of drug-likeness (QED) is 0.934. The Labute approximate surface area is 125 Å². The molecule has 0 radical (unpaired) electrons. The first-order chi connectivity index (χ1) is 10.2. The Morgan fingerprint density at radius 2 is 2.19 bits per heavy atom. The summed E-state index contributed by atoms with van der Waals surface area (Å²) in [6.45, 7) is 4.89. The molecule has 0 bridgehead atoms. The third-order valence-electron chi connectivity index (χ3n) is 4.14. The van der Waals surface area contributed by atoms with Crippen LogP contribution in [0.1, 0.15) is 25.7 Å². The summed E-state index contributed by atoms with van der Waals surface area (Å²) in [7, 11) is 0. The molecule has 21 heavy (non-hydrogen) atoms. The number of hydrogen-bond donors (Lipinski definition) is 1. The van der Waals surface area contributed by atoms with Gasteiger partial charge in [-0.25, -0.2) is 0 Å². The second kappa shape index (κ2) is 6.37. The van der Waals surface area contributed by atoms with Gasteiger partial charge < -0.3 is 10.3 Å². The Morgan fingerprint density at radius 3 is 2.95 bits per heavy atom. The van der Waals surface area contributed by atoms with Crippen molar-refractivity contribution in [3.63, 3.8) is 0 Å². The van der Waals surface area contributed by atoms with Gasteiger partial charge in [0.2, 0.25) is 11.7 Å². The summed E-state index contributed by atoms with van der Waals surface area (Å²) >= 11 is 0. The Morgan fingerprint density at radius 1 is 1.38 bits per heavy atom. The highest BCUT2D eigenvalue weighted by Gasteiger charge is 2.24. The van der Waals surface area contributed by atoms with E-state index in [0.29, 0.717) is 24.2 Å². The lowest BCUT2D eigenvalue weighted by Gasteiger charge is -2.33. The van der Waals surface area contributed by atoms with Crippen LogP contribution in [0.2, 0.25) is 0 Å². The number of aromatic nitrogens is 2. The van der Waals surface area contributed by atoms with E-state index in [2.05, 4.69) is 22.0 Å². The van der Waals surface area contributed by atoms with Gasteiger partial charge in [-0.1, -0.05) is 35.5 Å². The van der Waals surface area contributed by atoms with Gasteiger partial charge in [0.05, 0.1) is 6.54 Å². The van der Waals surface area contributed by atoms with Crippen LogP contribution < -0.4 is 5.73 Å². The summed E-state index contributed by atoms with van der Waals surface area (Å²) in [5.74, 6) is 1.90. The summed E-state index contributed by atoms with van der Waals surface area (Å²) in [5.41, 5.74) is 7.01. The van der Waals surface area contributed by atoms with Crippen molar-refractivity contribution in [3.8, 4) is 11.4 Å². The zero-order chi connectivity index (χ0) is 14.7.